The molecular weight excluding hydrogens is 466 g/mol. The minimum Gasteiger partial charge on any atom is -0.426 e. The summed E-state index contributed by atoms with van der Waals surface area (Å²) in [6.45, 7) is -0.421. The summed E-state index contributed by atoms with van der Waals surface area (Å²) in [6, 6.07) is 12.2. The Bertz CT molecular complexity index is 980. The number of fused-ring (bicyclic) bond motifs is 1. The molecule has 0 saturated carbocycles. The second-order valence-electron chi connectivity index (χ2n) is 7.24. The standard InChI is InChI=1S/C19H18F6N2O4S/c20-18(21,22)16(19(23,24)25)31-17(28)26-9-8-12(10-26)11-27(32(29)30)15-7-3-5-13-4-1-2-6-14(13)15/h1-7,12,16H,8-11H2,(H,29,30). The minimum absolute atomic E-state index is 0.0527. The Kier molecular flexibility index (Phi) is 6.89. The number of amides is 1. The van der Waals surface area contributed by atoms with Crippen LogP contribution in [-0.4, -0.2) is 57.8 Å². The molecule has 1 heterocycles. The van der Waals surface area contributed by atoms with Gasteiger partial charge in [-0.2, -0.15) is 26.3 Å². The molecule has 13 heteroatoms. The molecule has 0 aliphatic carbocycles. The molecule has 0 bridgehead atoms. The first-order valence-corrected chi connectivity index (χ1v) is 10.4. The van der Waals surface area contributed by atoms with Crippen molar-refractivity contribution in [1.29, 1.82) is 0 Å². The molecule has 1 fully saturated rings. The van der Waals surface area contributed by atoms with Crippen molar-refractivity contribution in [3.63, 3.8) is 0 Å². The second-order valence-corrected chi connectivity index (χ2v) is 8.14. The zero-order valence-electron chi connectivity index (χ0n) is 16.3. The summed E-state index contributed by atoms with van der Waals surface area (Å²) >= 11 is -2.46. The molecule has 2 aromatic rings. The van der Waals surface area contributed by atoms with E-state index in [0.717, 1.165) is 14.6 Å². The predicted octanol–water partition coefficient (Wildman–Crippen LogP) is 4.73. The van der Waals surface area contributed by atoms with Crippen LogP contribution < -0.4 is 4.31 Å². The van der Waals surface area contributed by atoms with Crippen LogP contribution in [0.25, 0.3) is 10.8 Å². The number of anilines is 1. The van der Waals surface area contributed by atoms with E-state index >= 15 is 0 Å². The van der Waals surface area contributed by atoms with Gasteiger partial charge in [0.25, 0.3) is 17.4 Å². The number of nitrogens with zero attached hydrogens (tertiary/aromatic N) is 2. The van der Waals surface area contributed by atoms with E-state index in [0.29, 0.717) is 11.1 Å². The molecule has 0 spiro atoms. The van der Waals surface area contributed by atoms with Crippen LogP contribution in [0.1, 0.15) is 6.42 Å². The summed E-state index contributed by atoms with van der Waals surface area (Å²) in [5.74, 6) is -0.479. The number of alkyl halides is 6. The first kappa shape index (κ1) is 24.1. The van der Waals surface area contributed by atoms with Crippen molar-refractivity contribution in [2.45, 2.75) is 24.9 Å². The molecule has 1 amide bonds. The lowest BCUT2D eigenvalue weighted by Gasteiger charge is -2.26. The molecule has 2 aromatic carbocycles. The maximum absolute atomic E-state index is 12.6. The number of benzene rings is 2. The minimum atomic E-state index is -5.80. The van der Waals surface area contributed by atoms with Gasteiger partial charge in [0.1, 0.15) is 0 Å². The number of carbonyl (C=O) groups is 1. The first-order chi connectivity index (χ1) is 14.9. The number of ether oxygens (including phenoxy) is 1. The van der Waals surface area contributed by atoms with Gasteiger partial charge in [-0.3, -0.25) is 8.86 Å². The van der Waals surface area contributed by atoms with E-state index in [2.05, 4.69) is 4.74 Å². The molecule has 0 aromatic heterocycles. The first-order valence-electron chi connectivity index (χ1n) is 9.33. The van der Waals surface area contributed by atoms with E-state index in [4.69, 9.17) is 0 Å². The third-order valence-corrected chi connectivity index (χ3v) is 5.73. The van der Waals surface area contributed by atoms with Gasteiger partial charge in [0, 0.05) is 25.0 Å². The smallest absolute Gasteiger partial charge is 0.426 e. The largest absolute Gasteiger partial charge is 0.434 e. The zero-order chi connectivity index (χ0) is 23.7. The van der Waals surface area contributed by atoms with Gasteiger partial charge in [-0.15, -0.1) is 0 Å². The molecule has 1 N–H and O–H groups in total. The number of likely N-dealkylation sites (tertiary alicyclic amines) is 1. The summed E-state index contributed by atoms with van der Waals surface area (Å²) in [7, 11) is 0. The maximum atomic E-state index is 12.6. The molecular formula is C19H18F6N2O4S. The van der Waals surface area contributed by atoms with Crippen LogP contribution in [-0.2, 0) is 16.0 Å². The highest BCUT2D eigenvalue weighted by molar-refractivity contribution is 7.80. The van der Waals surface area contributed by atoms with Crippen LogP contribution in [0, 0.1) is 5.92 Å². The molecule has 176 valence electrons. The molecule has 0 radical (unpaired) electrons. The van der Waals surface area contributed by atoms with E-state index < -0.39 is 41.7 Å². The van der Waals surface area contributed by atoms with Crippen molar-refractivity contribution in [1.82, 2.24) is 4.90 Å². The fraction of sp³-hybridized carbons (Fsp3) is 0.421. The van der Waals surface area contributed by atoms with Gasteiger partial charge in [0.15, 0.2) is 0 Å². The van der Waals surface area contributed by atoms with Gasteiger partial charge in [0.05, 0.1) is 5.69 Å². The molecule has 1 aliphatic heterocycles. The summed E-state index contributed by atoms with van der Waals surface area (Å²) in [4.78, 5) is 12.7. The number of hydrogen-bond donors (Lipinski definition) is 1. The number of hydrogen-bond acceptors (Lipinski definition) is 3. The third-order valence-electron chi connectivity index (χ3n) is 5.01. The monoisotopic (exact) mass is 484 g/mol. The molecule has 2 unspecified atom stereocenters. The average Bonchev–Trinajstić information content (AvgIpc) is 3.16. The van der Waals surface area contributed by atoms with E-state index in [1.54, 1.807) is 30.3 Å². The Morgan fingerprint density at radius 2 is 1.75 bits per heavy atom. The van der Waals surface area contributed by atoms with Crippen molar-refractivity contribution in [2.24, 2.45) is 5.92 Å². The Morgan fingerprint density at radius 3 is 2.38 bits per heavy atom. The highest BCUT2D eigenvalue weighted by atomic mass is 32.2. The molecule has 2 atom stereocenters. The van der Waals surface area contributed by atoms with Crippen LogP contribution in [0.3, 0.4) is 0 Å². The fourth-order valence-electron chi connectivity index (χ4n) is 3.55. The molecule has 1 saturated heterocycles. The fourth-order valence-corrected chi connectivity index (χ4v) is 4.21. The highest BCUT2D eigenvalue weighted by Crippen LogP contribution is 2.36. The number of carbonyl (C=O) groups excluding carboxylic acids is 1. The van der Waals surface area contributed by atoms with Crippen LogP contribution in [0.5, 0.6) is 0 Å². The SMILES string of the molecule is O=C(OC(C(F)(F)F)C(F)(F)F)N1CCC(CN(c2cccc3ccccc23)S(=O)O)C1. The Balaban J connectivity index is 1.71. The third kappa shape index (κ3) is 5.44. The topological polar surface area (TPSA) is 70.1 Å². The molecule has 32 heavy (non-hydrogen) atoms. The van der Waals surface area contributed by atoms with Gasteiger partial charge < -0.3 is 9.64 Å². The van der Waals surface area contributed by atoms with E-state index in [1.807, 2.05) is 12.1 Å². The van der Waals surface area contributed by atoms with Crippen LogP contribution in [0.4, 0.5) is 36.8 Å². The average molecular weight is 484 g/mol. The van der Waals surface area contributed by atoms with E-state index in [1.165, 1.54) is 0 Å². The Morgan fingerprint density at radius 1 is 1.12 bits per heavy atom. The summed E-state index contributed by atoms with van der Waals surface area (Å²) in [6.07, 6.45) is -17.4. The number of rotatable bonds is 5. The summed E-state index contributed by atoms with van der Waals surface area (Å²) in [5.41, 5.74) is 0.430. The Labute approximate surface area is 181 Å². The highest BCUT2D eigenvalue weighted by Gasteiger charge is 2.60. The lowest BCUT2D eigenvalue weighted by molar-refractivity contribution is -0.308. The molecule has 3 rings (SSSR count). The van der Waals surface area contributed by atoms with Gasteiger partial charge in [-0.1, -0.05) is 36.4 Å². The van der Waals surface area contributed by atoms with Crippen LogP contribution >= 0.6 is 0 Å². The van der Waals surface area contributed by atoms with Crippen LogP contribution in [0.15, 0.2) is 42.5 Å². The quantitative estimate of drug-likeness (QED) is 0.492. The summed E-state index contributed by atoms with van der Waals surface area (Å²) < 4.78 is 102. The predicted molar refractivity (Wildman–Crippen MR) is 104 cm³/mol. The maximum Gasteiger partial charge on any atom is 0.434 e. The van der Waals surface area contributed by atoms with Crippen molar-refractivity contribution >= 4 is 33.8 Å². The van der Waals surface area contributed by atoms with Gasteiger partial charge in [-0.05, 0) is 23.8 Å². The second kappa shape index (κ2) is 9.14. The van der Waals surface area contributed by atoms with Crippen molar-refractivity contribution in [3.8, 4) is 0 Å². The van der Waals surface area contributed by atoms with E-state index in [9.17, 15) is 39.9 Å². The van der Waals surface area contributed by atoms with Crippen LogP contribution in [0.2, 0.25) is 0 Å². The molecule has 6 nitrogen and oxygen atoms in total. The van der Waals surface area contributed by atoms with E-state index in [-0.39, 0.29) is 26.1 Å². The zero-order valence-corrected chi connectivity index (χ0v) is 17.1. The molecule has 1 aliphatic rings. The Hall–Kier alpha value is -2.54. The lowest BCUT2D eigenvalue weighted by atomic mass is 10.1. The normalized spacial score (nSPS) is 18.2. The van der Waals surface area contributed by atoms with Crippen molar-refractivity contribution in [2.75, 3.05) is 23.9 Å². The van der Waals surface area contributed by atoms with Gasteiger partial charge in [0.2, 0.25) is 0 Å². The van der Waals surface area contributed by atoms with Gasteiger partial charge >= 0.3 is 18.4 Å². The summed E-state index contributed by atoms with van der Waals surface area (Å²) in [5, 5.41) is 1.49. The lowest BCUT2D eigenvalue weighted by Crippen LogP contribution is -2.48. The van der Waals surface area contributed by atoms with Gasteiger partial charge in [-0.25, -0.2) is 9.00 Å². The van der Waals surface area contributed by atoms with Crippen molar-refractivity contribution < 1.29 is 44.6 Å². The number of halogens is 6. The van der Waals surface area contributed by atoms with Crippen molar-refractivity contribution in [3.05, 3.63) is 42.5 Å².